The smallest absolute Gasteiger partial charge is 0.181 e. The molecule has 0 atom stereocenters. The van der Waals surface area contributed by atoms with Crippen molar-refractivity contribution < 1.29 is 4.39 Å². The van der Waals surface area contributed by atoms with Crippen LogP contribution >= 0.6 is 0 Å². The van der Waals surface area contributed by atoms with Crippen molar-refractivity contribution in [3.8, 4) is 6.07 Å². The molecule has 0 saturated heterocycles. The lowest BCUT2D eigenvalue weighted by Gasteiger charge is -2.08. The maximum Gasteiger partial charge on any atom is 0.181 e. The van der Waals surface area contributed by atoms with Gasteiger partial charge in [0.05, 0.1) is 5.69 Å². The highest BCUT2D eigenvalue weighted by Gasteiger charge is 2.23. The number of hydrogen-bond acceptors (Lipinski definition) is 3. The fourth-order valence-electron chi connectivity index (χ4n) is 1.95. The number of nitrogens with zero attached hydrogens (tertiary/aromatic N) is 3. The normalized spacial score (nSPS) is 16.9. The van der Waals surface area contributed by atoms with E-state index in [4.69, 9.17) is 5.26 Å². The molecule has 0 aromatic carbocycles. The molecule has 0 unspecified atom stereocenters. The summed E-state index contributed by atoms with van der Waals surface area (Å²) in [7, 11) is 0. The summed E-state index contributed by atoms with van der Waals surface area (Å²) in [6.07, 6.45) is 5.46. The summed E-state index contributed by atoms with van der Waals surface area (Å²) in [5.74, 6) is -0.341. The van der Waals surface area contributed by atoms with Crippen molar-refractivity contribution in [1.29, 1.82) is 5.26 Å². The van der Waals surface area contributed by atoms with Crippen molar-refractivity contribution in [2.45, 2.75) is 31.6 Å². The zero-order valence-electron chi connectivity index (χ0n) is 7.70. The highest BCUT2D eigenvalue weighted by atomic mass is 19.1. The minimum atomic E-state index is -0.526. The zero-order valence-corrected chi connectivity index (χ0v) is 7.70. The fourth-order valence-corrected chi connectivity index (χ4v) is 1.95. The van der Waals surface area contributed by atoms with Gasteiger partial charge in [-0.1, -0.05) is 12.8 Å². The standard InChI is InChI=1S/C10H10FN3/c11-9-8(5-12)13-6-14-10(9)7-3-1-2-4-7/h6-7H,1-4H2. The highest BCUT2D eigenvalue weighted by Crippen LogP contribution is 2.34. The monoisotopic (exact) mass is 191 g/mol. The maximum atomic E-state index is 13.6. The molecular formula is C10H10FN3. The molecule has 1 fully saturated rings. The summed E-state index contributed by atoms with van der Waals surface area (Å²) in [6, 6.07) is 1.73. The Morgan fingerprint density at radius 3 is 2.71 bits per heavy atom. The Labute approximate surface area is 81.6 Å². The van der Waals surface area contributed by atoms with Gasteiger partial charge in [0, 0.05) is 5.92 Å². The molecule has 4 heteroatoms. The molecule has 1 saturated carbocycles. The molecule has 14 heavy (non-hydrogen) atoms. The van der Waals surface area contributed by atoms with Gasteiger partial charge >= 0.3 is 0 Å². The average Bonchev–Trinajstić information content (AvgIpc) is 2.71. The van der Waals surface area contributed by atoms with Crippen molar-refractivity contribution in [1.82, 2.24) is 9.97 Å². The van der Waals surface area contributed by atoms with Crippen LogP contribution in [-0.4, -0.2) is 9.97 Å². The van der Waals surface area contributed by atoms with E-state index in [1.54, 1.807) is 6.07 Å². The van der Waals surface area contributed by atoms with Crippen molar-refractivity contribution in [2.24, 2.45) is 0 Å². The summed E-state index contributed by atoms with van der Waals surface area (Å²) < 4.78 is 13.6. The molecule has 1 heterocycles. The van der Waals surface area contributed by atoms with Crippen LogP contribution < -0.4 is 0 Å². The van der Waals surface area contributed by atoms with Gasteiger partial charge in [-0.2, -0.15) is 5.26 Å². The van der Waals surface area contributed by atoms with Crippen LogP contribution in [0.5, 0.6) is 0 Å². The number of nitriles is 1. The third-order valence-electron chi connectivity index (χ3n) is 2.66. The Morgan fingerprint density at radius 1 is 1.36 bits per heavy atom. The summed E-state index contributed by atoms with van der Waals surface area (Å²) in [5, 5.41) is 8.61. The number of hydrogen-bond donors (Lipinski definition) is 0. The Kier molecular flexibility index (Phi) is 2.40. The number of aromatic nitrogens is 2. The Bertz CT molecular complexity index is 377. The molecule has 0 N–H and O–H groups in total. The van der Waals surface area contributed by atoms with Crippen molar-refractivity contribution in [2.75, 3.05) is 0 Å². The first-order chi connectivity index (χ1) is 6.83. The Hall–Kier alpha value is -1.50. The number of halogens is 1. The fraction of sp³-hybridized carbons (Fsp3) is 0.500. The molecule has 0 aliphatic heterocycles. The molecule has 0 amide bonds. The second kappa shape index (κ2) is 3.70. The Morgan fingerprint density at radius 2 is 2.07 bits per heavy atom. The van der Waals surface area contributed by atoms with Crippen LogP contribution in [0, 0.1) is 17.1 Å². The van der Waals surface area contributed by atoms with Crippen LogP contribution in [-0.2, 0) is 0 Å². The lowest BCUT2D eigenvalue weighted by Crippen LogP contribution is -2.04. The summed E-state index contributed by atoms with van der Waals surface area (Å²) in [4.78, 5) is 7.51. The summed E-state index contributed by atoms with van der Waals surface area (Å²) >= 11 is 0. The third kappa shape index (κ3) is 1.46. The van der Waals surface area contributed by atoms with Gasteiger partial charge < -0.3 is 0 Å². The molecule has 0 bridgehead atoms. The van der Waals surface area contributed by atoms with Crippen LogP contribution in [0.4, 0.5) is 4.39 Å². The predicted octanol–water partition coefficient (Wildman–Crippen LogP) is 2.14. The maximum absolute atomic E-state index is 13.6. The van der Waals surface area contributed by atoms with Crippen LogP contribution in [0.15, 0.2) is 6.33 Å². The van der Waals surface area contributed by atoms with Crippen LogP contribution in [0.1, 0.15) is 43.0 Å². The molecule has 0 radical (unpaired) electrons. The Balaban J connectivity index is 2.38. The van der Waals surface area contributed by atoms with Gasteiger partial charge in [-0.05, 0) is 12.8 Å². The van der Waals surface area contributed by atoms with E-state index in [0.717, 1.165) is 25.7 Å². The van der Waals surface area contributed by atoms with E-state index < -0.39 is 5.82 Å². The quantitative estimate of drug-likeness (QED) is 0.683. The summed E-state index contributed by atoms with van der Waals surface area (Å²) in [5.41, 5.74) is 0.288. The molecule has 72 valence electrons. The second-order valence-electron chi connectivity index (χ2n) is 3.51. The minimum absolute atomic E-state index is 0.137. The van der Waals surface area contributed by atoms with Gasteiger partial charge in [0.15, 0.2) is 11.5 Å². The van der Waals surface area contributed by atoms with Gasteiger partial charge in [0.1, 0.15) is 12.4 Å². The van der Waals surface area contributed by atoms with Gasteiger partial charge in [-0.3, -0.25) is 0 Å². The number of rotatable bonds is 1. The van der Waals surface area contributed by atoms with E-state index in [1.165, 1.54) is 6.33 Å². The predicted molar refractivity (Wildman–Crippen MR) is 47.9 cm³/mol. The average molecular weight is 191 g/mol. The first kappa shape index (κ1) is 9.07. The van der Waals surface area contributed by atoms with Gasteiger partial charge in [-0.25, -0.2) is 14.4 Å². The first-order valence-corrected chi connectivity index (χ1v) is 4.73. The van der Waals surface area contributed by atoms with Crippen LogP contribution in [0.3, 0.4) is 0 Å². The first-order valence-electron chi connectivity index (χ1n) is 4.73. The third-order valence-corrected chi connectivity index (χ3v) is 2.66. The largest absolute Gasteiger partial charge is 0.238 e. The van der Waals surface area contributed by atoms with E-state index in [0.29, 0.717) is 5.69 Å². The lowest BCUT2D eigenvalue weighted by atomic mass is 10.0. The SMILES string of the molecule is N#Cc1ncnc(C2CCCC2)c1F. The van der Waals surface area contributed by atoms with E-state index in [2.05, 4.69) is 9.97 Å². The van der Waals surface area contributed by atoms with E-state index in [-0.39, 0.29) is 11.6 Å². The van der Waals surface area contributed by atoms with Gasteiger partial charge in [0.2, 0.25) is 0 Å². The van der Waals surface area contributed by atoms with E-state index >= 15 is 0 Å². The molecule has 1 aromatic rings. The molecular weight excluding hydrogens is 181 g/mol. The molecule has 0 spiro atoms. The molecule has 1 aliphatic carbocycles. The van der Waals surface area contributed by atoms with Gasteiger partial charge in [0.25, 0.3) is 0 Å². The summed E-state index contributed by atoms with van der Waals surface area (Å²) in [6.45, 7) is 0. The van der Waals surface area contributed by atoms with Crippen molar-refractivity contribution in [3.63, 3.8) is 0 Å². The molecule has 1 aliphatic rings. The second-order valence-corrected chi connectivity index (χ2v) is 3.51. The minimum Gasteiger partial charge on any atom is -0.238 e. The van der Waals surface area contributed by atoms with Crippen molar-refractivity contribution >= 4 is 0 Å². The van der Waals surface area contributed by atoms with Crippen LogP contribution in [0.2, 0.25) is 0 Å². The van der Waals surface area contributed by atoms with Crippen LogP contribution in [0.25, 0.3) is 0 Å². The topological polar surface area (TPSA) is 49.6 Å². The molecule has 1 aromatic heterocycles. The van der Waals surface area contributed by atoms with E-state index in [1.807, 2.05) is 0 Å². The molecule has 2 rings (SSSR count). The lowest BCUT2D eigenvalue weighted by molar-refractivity contribution is 0.552. The molecule has 3 nitrogen and oxygen atoms in total. The van der Waals surface area contributed by atoms with Crippen molar-refractivity contribution in [3.05, 3.63) is 23.5 Å². The van der Waals surface area contributed by atoms with E-state index in [9.17, 15) is 4.39 Å². The van der Waals surface area contributed by atoms with Gasteiger partial charge in [-0.15, -0.1) is 0 Å². The highest BCUT2D eigenvalue weighted by molar-refractivity contribution is 5.26. The zero-order chi connectivity index (χ0) is 9.97.